The van der Waals surface area contributed by atoms with Crippen molar-refractivity contribution in [3.8, 4) is 22.4 Å². The van der Waals surface area contributed by atoms with Crippen LogP contribution in [0.2, 0.25) is 0 Å². The zero-order valence-electron chi connectivity index (χ0n) is 20.5. The Bertz CT molecular complexity index is 1660. The van der Waals surface area contributed by atoms with Gasteiger partial charge in [0.2, 0.25) is 0 Å². The van der Waals surface area contributed by atoms with Crippen molar-refractivity contribution < 1.29 is 14.3 Å². The lowest BCUT2D eigenvalue weighted by molar-refractivity contribution is 0.0603. The summed E-state index contributed by atoms with van der Waals surface area (Å²) < 4.78 is 6.01. The van der Waals surface area contributed by atoms with Gasteiger partial charge in [-0.05, 0) is 60.9 Å². The first-order valence-electron chi connectivity index (χ1n) is 11.6. The number of carbonyl (C=O) groups is 2. The van der Waals surface area contributed by atoms with Crippen molar-refractivity contribution in [1.82, 2.24) is 4.98 Å². The molecule has 7 heteroatoms. The van der Waals surface area contributed by atoms with E-state index >= 15 is 0 Å². The van der Waals surface area contributed by atoms with Gasteiger partial charge in [0, 0.05) is 26.4 Å². The Kier molecular flexibility index (Phi) is 6.91. The van der Waals surface area contributed by atoms with Crippen molar-refractivity contribution in [2.24, 2.45) is 0 Å². The van der Waals surface area contributed by atoms with E-state index < -0.39 is 5.97 Å². The molecule has 0 saturated heterocycles. The Labute approximate surface area is 227 Å². The molecule has 0 fully saturated rings. The monoisotopic (exact) mass is 570 g/mol. The summed E-state index contributed by atoms with van der Waals surface area (Å²) in [5.74, 6) is -0.831. The topological polar surface area (TPSA) is 68.3 Å². The van der Waals surface area contributed by atoms with Gasteiger partial charge in [0.15, 0.2) is 0 Å². The molecule has 37 heavy (non-hydrogen) atoms. The van der Waals surface area contributed by atoms with Gasteiger partial charge in [-0.1, -0.05) is 58.4 Å². The number of thiophene rings is 1. The minimum atomic E-state index is -0.509. The van der Waals surface area contributed by atoms with Gasteiger partial charge in [-0.25, -0.2) is 9.78 Å². The number of ether oxygens (including phenoxy) is 1. The van der Waals surface area contributed by atoms with Crippen LogP contribution in [0.15, 0.2) is 82.6 Å². The van der Waals surface area contributed by atoms with Crippen LogP contribution in [0.1, 0.15) is 31.8 Å². The smallest absolute Gasteiger partial charge is 0.341 e. The van der Waals surface area contributed by atoms with Crippen LogP contribution in [-0.4, -0.2) is 24.0 Å². The number of nitrogens with one attached hydrogen (secondary N) is 1. The molecular weight excluding hydrogens is 548 g/mol. The summed E-state index contributed by atoms with van der Waals surface area (Å²) in [6.45, 7) is 4.12. The highest BCUT2D eigenvalue weighted by atomic mass is 79.9. The van der Waals surface area contributed by atoms with Crippen molar-refractivity contribution in [1.29, 1.82) is 0 Å². The molecule has 0 atom stereocenters. The first-order valence-corrected chi connectivity index (χ1v) is 13.3. The number of hydrogen-bond acceptors (Lipinski definition) is 5. The second kappa shape index (κ2) is 10.3. The van der Waals surface area contributed by atoms with Crippen LogP contribution < -0.4 is 5.32 Å². The van der Waals surface area contributed by atoms with Crippen molar-refractivity contribution >= 4 is 55.0 Å². The molecule has 2 heterocycles. The number of halogens is 1. The number of esters is 1. The largest absolute Gasteiger partial charge is 0.465 e. The first-order chi connectivity index (χ1) is 17.9. The normalized spacial score (nSPS) is 10.9. The van der Waals surface area contributed by atoms with E-state index in [2.05, 4.69) is 47.2 Å². The van der Waals surface area contributed by atoms with Gasteiger partial charge in [-0.3, -0.25) is 4.79 Å². The zero-order valence-corrected chi connectivity index (χ0v) is 22.9. The number of methoxy groups -OCH3 is 1. The minimum Gasteiger partial charge on any atom is -0.465 e. The van der Waals surface area contributed by atoms with E-state index in [-0.39, 0.29) is 5.91 Å². The van der Waals surface area contributed by atoms with E-state index in [1.54, 1.807) is 0 Å². The zero-order chi connectivity index (χ0) is 26.1. The van der Waals surface area contributed by atoms with Crippen molar-refractivity contribution in [2.75, 3.05) is 12.4 Å². The average Bonchev–Trinajstić information content (AvgIpc) is 3.32. The highest BCUT2D eigenvalue weighted by Crippen LogP contribution is 2.37. The predicted molar refractivity (Wildman–Crippen MR) is 153 cm³/mol. The molecule has 0 aliphatic rings. The number of amides is 1. The number of nitrogens with zero attached hydrogens (tertiary/aromatic N) is 1. The van der Waals surface area contributed by atoms with Gasteiger partial charge in [0.1, 0.15) is 10.6 Å². The van der Waals surface area contributed by atoms with Gasteiger partial charge in [0.25, 0.3) is 5.91 Å². The second-order valence-electron chi connectivity index (χ2n) is 8.68. The number of hydrogen-bond donors (Lipinski definition) is 1. The Balaban J connectivity index is 1.58. The second-order valence-corrected chi connectivity index (χ2v) is 10.5. The number of para-hydroxylation sites is 1. The fraction of sp³-hybridized carbons (Fsp3) is 0.100. The van der Waals surface area contributed by atoms with Crippen molar-refractivity contribution in [3.63, 3.8) is 0 Å². The highest BCUT2D eigenvalue weighted by Gasteiger charge is 2.24. The van der Waals surface area contributed by atoms with Gasteiger partial charge < -0.3 is 10.1 Å². The molecule has 3 aromatic carbocycles. The summed E-state index contributed by atoms with van der Waals surface area (Å²) in [5.41, 5.74) is 7.08. The van der Waals surface area contributed by atoms with Gasteiger partial charge >= 0.3 is 5.97 Å². The molecule has 0 aliphatic heterocycles. The summed E-state index contributed by atoms with van der Waals surface area (Å²) in [7, 11) is 1.34. The standard InChI is InChI=1S/C30H23BrN2O3S/c1-17-8-9-20(14-18(17)2)26-15-23(22-6-4-5-7-25(22)32-26)28(34)33-29-27(30(35)36-3)24(16-37-29)19-10-12-21(31)13-11-19/h4-16H,1-3H3,(H,33,34). The van der Waals surface area contributed by atoms with E-state index in [4.69, 9.17) is 9.72 Å². The lowest BCUT2D eigenvalue weighted by atomic mass is 10.0. The van der Waals surface area contributed by atoms with Gasteiger partial charge in [-0.2, -0.15) is 0 Å². The molecule has 0 saturated carbocycles. The fourth-order valence-electron chi connectivity index (χ4n) is 4.18. The van der Waals surface area contributed by atoms with Crippen LogP contribution in [0.4, 0.5) is 5.00 Å². The van der Waals surface area contributed by atoms with Crippen LogP contribution >= 0.6 is 27.3 Å². The Morgan fingerprint density at radius 1 is 0.919 bits per heavy atom. The predicted octanol–water partition coefficient (Wildman–Crippen LogP) is 8.05. The summed E-state index contributed by atoms with van der Waals surface area (Å²) in [6.07, 6.45) is 0. The van der Waals surface area contributed by atoms with Crippen LogP contribution in [0, 0.1) is 13.8 Å². The lowest BCUT2D eigenvalue weighted by Gasteiger charge is -2.12. The molecule has 1 N–H and O–H groups in total. The quantitative estimate of drug-likeness (QED) is 0.217. The molecule has 0 radical (unpaired) electrons. The number of aromatic nitrogens is 1. The van der Waals surface area contributed by atoms with E-state index in [0.717, 1.165) is 32.1 Å². The van der Waals surface area contributed by atoms with Crippen molar-refractivity contribution in [3.05, 3.63) is 105 Å². The molecule has 2 aromatic heterocycles. The average molecular weight is 571 g/mol. The Morgan fingerprint density at radius 2 is 1.65 bits per heavy atom. The van der Waals surface area contributed by atoms with Gasteiger partial charge in [-0.15, -0.1) is 11.3 Å². The summed E-state index contributed by atoms with van der Waals surface area (Å²) in [6, 6.07) is 23.2. The van der Waals surface area contributed by atoms with Gasteiger partial charge in [0.05, 0.1) is 23.9 Å². The molecule has 5 aromatic rings. The van der Waals surface area contributed by atoms with E-state index in [0.29, 0.717) is 27.4 Å². The number of carbonyl (C=O) groups excluding carboxylic acids is 2. The Morgan fingerprint density at radius 3 is 2.38 bits per heavy atom. The molecule has 1 amide bonds. The molecule has 0 unspecified atom stereocenters. The highest BCUT2D eigenvalue weighted by molar-refractivity contribution is 9.10. The molecule has 5 nitrogen and oxygen atoms in total. The number of pyridine rings is 1. The molecule has 0 spiro atoms. The molecule has 5 rings (SSSR count). The number of rotatable bonds is 5. The maximum atomic E-state index is 13.7. The van der Waals surface area contributed by atoms with Crippen molar-refractivity contribution in [2.45, 2.75) is 13.8 Å². The maximum absolute atomic E-state index is 13.7. The third kappa shape index (κ3) is 4.92. The summed E-state index contributed by atoms with van der Waals surface area (Å²) in [4.78, 5) is 31.3. The third-order valence-electron chi connectivity index (χ3n) is 6.33. The van der Waals surface area contributed by atoms with Crippen LogP contribution in [0.3, 0.4) is 0 Å². The lowest BCUT2D eigenvalue weighted by Crippen LogP contribution is -2.15. The van der Waals surface area contributed by atoms with E-state index in [1.165, 1.54) is 24.0 Å². The van der Waals surface area contributed by atoms with E-state index in [9.17, 15) is 9.59 Å². The van der Waals surface area contributed by atoms with E-state index in [1.807, 2.05) is 66.0 Å². The summed E-state index contributed by atoms with van der Waals surface area (Å²) >= 11 is 4.73. The molecule has 0 bridgehead atoms. The Hall–Kier alpha value is -3.81. The minimum absolute atomic E-state index is 0.321. The maximum Gasteiger partial charge on any atom is 0.341 e. The number of benzene rings is 3. The molecular formula is C30H23BrN2O3S. The van der Waals surface area contributed by atoms with Crippen LogP contribution in [0.5, 0.6) is 0 Å². The number of anilines is 1. The fourth-order valence-corrected chi connectivity index (χ4v) is 5.40. The SMILES string of the molecule is COC(=O)c1c(-c2ccc(Br)cc2)csc1NC(=O)c1cc(-c2ccc(C)c(C)c2)nc2ccccc12. The molecule has 184 valence electrons. The van der Waals surface area contributed by atoms with Crippen LogP contribution in [0.25, 0.3) is 33.3 Å². The third-order valence-corrected chi connectivity index (χ3v) is 7.75. The first kappa shape index (κ1) is 24.9. The van der Waals surface area contributed by atoms with Crippen LogP contribution in [-0.2, 0) is 4.74 Å². The number of aryl methyl sites for hydroxylation is 2. The molecule has 0 aliphatic carbocycles. The number of fused-ring (bicyclic) bond motifs is 1. The summed E-state index contributed by atoms with van der Waals surface area (Å²) in [5, 5.41) is 6.00.